The van der Waals surface area contributed by atoms with E-state index in [2.05, 4.69) is 0 Å². The summed E-state index contributed by atoms with van der Waals surface area (Å²) in [5.74, 6) is 0. The fourth-order valence-corrected chi connectivity index (χ4v) is 3.30. The van der Waals surface area contributed by atoms with Crippen LogP contribution in [0, 0.1) is 11.3 Å². The van der Waals surface area contributed by atoms with Crippen LogP contribution in [-0.2, 0) is 14.9 Å². The number of halogens is 1. The average molecular weight is 273 g/mol. The monoisotopic (exact) mass is 272 g/mol. The van der Waals surface area contributed by atoms with Crippen LogP contribution in [0.1, 0.15) is 12.0 Å². The van der Waals surface area contributed by atoms with Gasteiger partial charge in [-0.1, -0.05) is 16.1 Å². The molecule has 0 aromatic heterocycles. The van der Waals surface area contributed by atoms with Gasteiger partial charge in [-0.15, -0.1) is 0 Å². The summed E-state index contributed by atoms with van der Waals surface area (Å²) in [4.78, 5) is 4.91. The van der Waals surface area contributed by atoms with Gasteiger partial charge in [0.25, 0.3) is 10.0 Å². The highest BCUT2D eigenvalue weighted by atomic mass is 35.5. The Bertz CT molecular complexity index is 574. The normalized spacial score (nSPS) is 16.9. The molecular weight excluding hydrogens is 264 g/mol. The van der Waals surface area contributed by atoms with Crippen molar-refractivity contribution in [3.63, 3.8) is 0 Å². The average Bonchev–Trinajstić information content (AvgIpc) is 2.83. The lowest BCUT2D eigenvalue weighted by Gasteiger charge is -2.15. The maximum Gasteiger partial charge on any atom is 0.266 e. The molecule has 1 aliphatic rings. The largest absolute Gasteiger partial charge is 0.284 e. The first-order valence-electron chi connectivity index (χ1n) is 4.91. The van der Waals surface area contributed by atoms with Crippen LogP contribution in [0.3, 0.4) is 0 Å². The maximum atomic E-state index is 12.1. The van der Waals surface area contributed by atoms with Gasteiger partial charge in [0.2, 0.25) is 0 Å². The van der Waals surface area contributed by atoms with Gasteiger partial charge in [0.15, 0.2) is 0 Å². The zero-order valence-corrected chi connectivity index (χ0v) is 10.3. The molecule has 0 unspecified atom stereocenters. The molecule has 0 aliphatic carbocycles. The van der Waals surface area contributed by atoms with Crippen molar-refractivity contribution in [2.24, 2.45) is 0 Å². The summed E-state index contributed by atoms with van der Waals surface area (Å²) in [6, 6.07) is 5.98. The fraction of sp³-hybridized carbons (Fsp3) is 0.300. The second-order valence-electron chi connectivity index (χ2n) is 3.48. The van der Waals surface area contributed by atoms with E-state index >= 15 is 0 Å². The molecule has 0 saturated carbocycles. The molecule has 1 fully saturated rings. The predicted molar refractivity (Wildman–Crippen MR) is 60.6 cm³/mol. The van der Waals surface area contributed by atoms with Crippen molar-refractivity contribution >= 4 is 21.6 Å². The summed E-state index contributed by atoms with van der Waals surface area (Å²) < 4.78 is 25.2. The summed E-state index contributed by atoms with van der Waals surface area (Å²) in [5, 5.41) is 8.83. The van der Waals surface area contributed by atoms with Gasteiger partial charge in [0.05, 0.1) is 23.3 Å². The zero-order valence-electron chi connectivity index (χ0n) is 8.76. The Labute approximate surface area is 104 Å². The SMILES string of the molecule is N#Cc1ccc(Cl)c(S(=O)(=O)N2CCCO2)c1. The van der Waals surface area contributed by atoms with Gasteiger partial charge in [-0.05, 0) is 24.6 Å². The minimum absolute atomic E-state index is 0.0829. The lowest BCUT2D eigenvalue weighted by atomic mass is 10.2. The van der Waals surface area contributed by atoms with E-state index < -0.39 is 10.0 Å². The Balaban J connectivity index is 2.49. The summed E-state index contributed by atoms with van der Waals surface area (Å²) in [6.45, 7) is 0.671. The summed E-state index contributed by atoms with van der Waals surface area (Å²) >= 11 is 5.85. The first-order valence-corrected chi connectivity index (χ1v) is 6.73. The van der Waals surface area contributed by atoms with E-state index in [4.69, 9.17) is 21.7 Å². The van der Waals surface area contributed by atoms with E-state index in [9.17, 15) is 8.42 Å². The summed E-state index contributed by atoms with van der Waals surface area (Å²) in [6.07, 6.45) is 0.648. The lowest BCUT2D eigenvalue weighted by Crippen LogP contribution is -2.27. The van der Waals surface area contributed by atoms with Crippen molar-refractivity contribution in [2.75, 3.05) is 13.2 Å². The van der Waals surface area contributed by atoms with E-state index in [0.717, 1.165) is 4.47 Å². The topological polar surface area (TPSA) is 70.4 Å². The molecule has 1 heterocycles. The third-order valence-electron chi connectivity index (χ3n) is 2.33. The molecule has 1 aromatic rings. The highest BCUT2D eigenvalue weighted by molar-refractivity contribution is 7.89. The van der Waals surface area contributed by atoms with E-state index in [0.29, 0.717) is 19.6 Å². The van der Waals surface area contributed by atoms with Gasteiger partial charge >= 0.3 is 0 Å². The van der Waals surface area contributed by atoms with E-state index in [1.807, 2.05) is 6.07 Å². The van der Waals surface area contributed by atoms with E-state index in [1.54, 1.807) is 0 Å². The van der Waals surface area contributed by atoms with Crippen LogP contribution in [-0.4, -0.2) is 26.0 Å². The van der Waals surface area contributed by atoms with Crippen LogP contribution in [0.25, 0.3) is 0 Å². The van der Waals surface area contributed by atoms with E-state index in [1.165, 1.54) is 18.2 Å². The molecule has 2 rings (SSSR count). The van der Waals surface area contributed by atoms with Crippen molar-refractivity contribution in [2.45, 2.75) is 11.3 Å². The number of hydrogen-bond donors (Lipinski definition) is 0. The first kappa shape index (κ1) is 12.3. The standard InChI is InChI=1S/C10H9ClN2O3S/c11-9-3-2-8(7-12)6-10(9)17(14,15)13-4-1-5-16-13/h2-3,6H,1,4-5H2. The number of benzene rings is 1. The van der Waals surface area contributed by atoms with Crippen LogP contribution in [0.4, 0.5) is 0 Å². The van der Waals surface area contributed by atoms with Crippen molar-refractivity contribution in [1.29, 1.82) is 5.26 Å². The molecule has 90 valence electrons. The van der Waals surface area contributed by atoms with Crippen molar-refractivity contribution in [3.05, 3.63) is 28.8 Å². The molecule has 17 heavy (non-hydrogen) atoms. The Hall–Kier alpha value is -1.13. The number of hydroxylamine groups is 1. The molecule has 0 amide bonds. The second-order valence-corrected chi connectivity index (χ2v) is 5.68. The molecule has 0 bridgehead atoms. The van der Waals surface area contributed by atoms with Gasteiger partial charge in [-0.25, -0.2) is 8.42 Å². The Morgan fingerprint density at radius 1 is 1.47 bits per heavy atom. The Kier molecular flexibility index (Phi) is 3.35. The molecule has 1 aliphatic heterocycles. The Morgan fingerprint density at radius 2 is 2.24 bits per heavy atom. The first-order chi connectivity index (χ1) is 8.05. The van der Waals surface area contributed by atoms with Crippen molar-refractivity contribution < 1.29 is 13.3 Å². The van der Waals surface area contributed by atoms with Crippen LogP contribution < -0.4 is 0 Å². The fourth-order valence-electron chi connectivity index (χ4n) is 1.49. The van der Waals surface area contributed by atoms with Gasteiger partial charge < -0.3 is 0 Å². The number of nitriles is 1. The maximum absolute atomic E-state index is 12.1. The summed E-state index contributed by atoms with van der Waals surface area (Å²) in [5.41, 5.74) is 0.243. The number of rotatable bonds is 2. The molecule has 1 saturated heterocycles. The van der Waals surface area contributed by atoms with Crippen LogP contribution in [0.2, 0.25) is 5.02 Å². The van der Waals surface area contributed by atoms with Crippen LogP contribution in [0.5, 0.6) is 0 Å². The van der Waals surface area contributed by atoms with Crippen molar-refractivity contribution in [3.8, 4) is 6.07 Å². The second kappa shape index (κ2) is 4.63. The van der Waals surface area contributed by atoms with Crippen molar-refractivity contribution in [1.82, 2.24) is 4.47 Å². The molecule has 0 spiro atoms. The number of hydrogen-bond acceptors (Lipinski definition) is 4. The molecule has 1 aromatic carbocycles. The minimum Gasteiger partial charge on any atom is -0.284 e. The highest BCUT2D eigenvalue weighted by Gasteiger charge is 2.30. The van der Waals surface area contributed by atoms with Crippen LogP contribution in [0.15, 0.2) is 23.1 Å². The molecule has 0 atom stereocenters. The highest BCUT2D eigenvalue weighted by Crippen LogP contribution is 2.27. The van der Waals surface area contributed by atoms with Gasteiger partial charge in [0, 0.05) is 6.54 Å². The van der Waals surface area contributed by atoms with Gasteiger partial charge in [0.1, 0.15) is 4.90 Å². The zero-order chi connectivity index (χ0) is 12.5. The smallest absolute Gasteiger partial charge is 0.266 e. The third-order valence-corrected chi connectivity index (χ3v) is 4.49. The molecule has 0 radical (unpaired) electrons. The molecule has 5 nitrogen and oxygen atoms in total. The quantitative estimate of drug-likeness (QED) is 0.819. The van der Waals surface area contributed by atoms with Gasteiger partial charge in [-0.2, -0.15) is 5.26 Å². The molecule has 7 heteroatoms. The predicted octanol–water partition coefficient (Wildman–Crippen LogP) is 1.54. The number of sulfonamides is 1. The van der Waals surface area contributed by atoms with Crippen LogP contribution >= 0.6 is 11.6 Å². The molecular formula is C10H9ClN2O3S. The summed E-state index contributed by atoms with van der Waals surface area (Å²) in [7, 11) is -3.77. The van der Waals surface area contributed by atoms with E-state index in [-0.39, 0.29) is 15.5 Å². The number of nitrogens with zero attached hydrogens (tertiary/aromatic N) is 2. The lowest BCUT2D eigenvalue weighted by molar-refractivity contribution is -0.0284. The van der Waals surface area contributed by atoms with Gasteiger partial charge in [-0.3, -0.25) is 4.84 Å². The molecule has 0 N–H and O–H groups in total. The Morgan fingerprint density at radius 3 is 2.82 bits per heavy atom. The third kappa shape index (κ3) is 2.28. The minimum atomic E-state index is -3.77.